The Morgan fingerprint density at radius 3 is 2.65 bits per heavy atom. The molecule has 0 atom stereocenters. The van der Waals surface area contributed by atoms with Crippen LogP contribution in [0.25, 0.3) is 0 Å². The van der Waals surface area contributed by atoms with E-state index in [1.54, 1.807) is 18.2 Å². The monoisotopic (exact) mass is 294 g/mol. The molecule has 0 fully saturated rings. The summed E-state index contributed by atoms with van der Waals surface area (Å²) in [6.45, 7) is 1.90. The molecule has 1 heterocycles. The number of benzene rings is 1. The average Bonchev–Trinajstić information content (AvgIpc) is 2.40. The fraction of sp³-hybridized carbons (Fsp3) is 0.154. The molecule has 1 aromatic carbocycles. The highest BCUT2D eigenvalue weighted by Crippen LogP contribution is 2.35. The molecule has 6 nitrogen and oxygen atoms in total. The third-order valence-corrected chi connectivity index (χ3v) is 2.74. The number of nitrogens with zero attached hydrogens (tertiary/aromatic N) is 2. The summed E-state index contributed by atoms with van der Waals surface area (Å²) >= 11 is 5.74. The van der Waals surface area contributed by atoms with Crippen molar-refractivity contribution in [1.82, 2.24) is 4.98 Å². The van der Waals surface area contributed by atoms with E-state index in [0.717, 1.165) is 5.56 Å². The van der Waals surface area contributed by atoms with Crippen LogP contribution in [0.3, 0.4) is 0 Å². The van der Waals surface area contributed by atoms with E-state index >= 15 is 0 Å². The Kier molecular flexibility index (Phi) is 4.05. The molecule has 0 aliphatic carbocycles. The van der Waals surface area contributed by atoms with E-state index in [9.17, 15) is 10.1 Å². The van der Waals surface area contributed by atoms with Crippen LogP contribution >= 0.6 is 11.6 Å². The van der Waals surface area contributed by atoms with Gasteiger partial charge in [0.2, 0.25) is 0 Å². The summed E-state index contributed by atoms with van der Waals surface area (Å²) in [6, 6.07) is 7.78. The average molecular weight is 295 g/mol. The highest BCUT2D eigenvalue weighted by atomic mass is 35.5. The molecule has 0 unspecified atom stereocenters. The Morgan fingerprint density at radius 2 is 2.00 bits per heavy atom. The molecule has 1 aromatic heterocycles. The van der Waals surface area contributed by atoms with Gasteiger partial charge in [-0.1, -0.05) is 17.7 Å². The van der Waals surface area contributed by atoms with Crippen molar-refractivity contribution < 1.29 is 14.4 Å². The first-order valence-electron chi connectivity index (χ1n) is 5.64. The first kappa shape index (κ1) is 14.1. The summed E-state index contributed by atoms with van der Waals surface area (Å²) < 4.78 is 10.6. The second kappa shape index (κ2) is 5.75. The molecule has 20 heavy (non-hydrogen) atoms. The van der Waals surface area contributed by atoms with Crippen molar-refractivity contribution in [3.63, 3.8) is 0 Å². The van der Waals surface area contributed by atoms with Crippen LogP contribution in [0.15, 0.2) is 30.3 Å². The molecule has 0 saturated heterocycles. The van der Waals surface area contributed by atoms with Gasteiger partial charge < -0.3 is 9.47 Å². The quantitative estimate of drug-likeness (QED) is 0.487. The van der Waals surface area contributed by atoms with E-state index in [4.69, 9.17) is 21.1 Å². The van der Waals surface area contributed by atoms with E-state index < -0.39 is 4.92 Å². The van der Waals surface area contributed by atoms with Crippen LogP contribution in [0.4, 0.5) is 5.69 Å². The number of aryl methyl sites for hydroxylation is 1. The van der Waals surface area contributed by atoms with Gasteiger partial charge in [0.05, 0.1) is 12.0 Å². The number of hydrogen-bond acceptors (Lipinski definition) is 5. The number of methoxy groups -OCH3 is 1. The SMILES string of the molecule is COc1cc(C)ccc1Oc1nc(Cl)ccc1[N+](=O)[O-]. The van der Waals surface area contributed by atoms with Crippen molar-refractivity contribution in [2.75, 3.05) is 7.11 Å². The summed E-state index contributed by atoms with van der Waals surface area (Å²) in [5.41, 5.74) is 0.708. The highest BCUT2D eigenvalue weighted by Gasteiger charge is 2.19. The molecule has 104 valence electrons. The van der Waals surface area contributed by atoms with Crippen molar-refractivity contribution in [2.45, 2.75) is 6.92 Å². The van der Waals surface area contributed by atoms with Gasteiger partial charge in [-0.15, -0.1) is 0 Å². The highest BCUT2D eigenvalue weighted by molar-refractivity contribution is 6.29. The Hall–Kier alpha value is -2.34. The molecular formula is C13H11ClN2O4. The lowest BCUT2D eigenvalue weighted by molar-refractivity contribution is -0.386. The van der Waals surface area contributed by atoms with Crippen LogP contribution < -0.4 is 9.47 Å². The van der Waals surface area contributed by atoms with Gasteiger partial charge in [0.25, 0.3) is 0 Å². The molecule has 0 bridgehead atoms. The van der Waals surface area contributed by atoms with E-state index in [2.05, 4.69) is 4.98 Å². The minimum Gasteiger partial charge on any atom is -0.493 e. The van der Waals surface area contributed by atoms with Crippen molar-refractivity contribution in [1.29, 1.82) is 0 Å². The summed E-state index contributed by atoms with van der Waals surface area (Å²) in [4.78, 5) is 14.2. The first-order valence-corrected chi connectivity index (χ1v) is 6.02. The number of ether oxygens (including phenoxy) is 2. The summed E-state index contributed by atoms with van der Waals surface area (Å²) in [5.74, 6) is 0.613. The molecule has 0 radical (unpaired) electrons. The standard InChI is InChI=1S/C13H11ClN2O4/c1-8-3-5-10(11(7-8)19-2)20-13-9(16(17)18)4-6-12(14)15-13/h3-7H,1-2H3. The molecule has 0 aliphatic rings. The Labute approximate surface area is 120 Å². The fourth-order valence-electron chi connectivity index (χ4n) is 1.59. The Morgan fingerprint density at radius 1 is 1.25 bits per heavy atom. The summed E-state index contributed by atoms with van der Waals surface area (Å²) in [7, 11) is 1.49. The largest absolute Gasteiger partial charge is 0.493 e. The van der Waals surface area contributed by atoms with E-state index in [-0.39, 0.29) is 16.7 Å². The number of pyridine rings is 1. The zero-order valence-corrected chi connectivity index (χ0v) is 11.5. The van der Waals surface area contributed by atoms with Gasteiger partial charge in [-0.3, -0.25) is 10.1 Å². The maximum Gasteiger partial charge on any atom is 0.331 e. The zero-order chi connectivity index (χ0) is 14.7. The minimum atomic E-state index is -0.584. The first-order chi connectivity index (χ1) is 9.51. The van der Waals surface area contributed by atoms with Crippen LogP contribution in [0.2, 0.25) is 5.15 Å². The third kappa shape index (κ3) is 2.97. The maximum atomic E-state index is 10.9. The van der Waals surface area contributed by atoms with Gasteiger partial charge in [-0.2, -0.15) is 4.98 Å². The number of hydrogen-bond donors (Lipinski definition) is 0. The van der Waals surface area contributed by atoms with Crippen molar-refractivity contribution in [3.05, 3.63) is 51.2 Å². The van der Waals surface area contributed by atoms with Gasteiger partial charge in [0.15, 0.2) is 11.5 Å². The number of halogens is 1. The van der Waals surface area contributed by atoms with Crippen molar-refractivity contribution in [3.8, 4) is 17.4 Å². The van der Waals surface area contributed by atoms with E-state index in [1.165, 1.54) is 19.2 Å². The topological polar surface area (TPSA) is 74.5 Å². The van der Waals surface area contributed by atoms with Crippen LogP contribution in [0.5, 0.6) is 17.4 Å². The van der Waals surface area contributed by atoms with E-state index in [0.29, 0.717) is 11.5 Å². The van der Waals surface area contributed by atoms with Crippen molar-refractivity contribution >= 4 is 17.3 Å². The Bertz CT molecular complexity index is 661. The van der Waals surface area contributed by atoms with Gasteiger partial charge in [-0.25, -0.2) is 0 Å². The van der Waals surface area contributed by atoms with Crippen molar-refractivity contribution in [2.24, 2.45) is 0 Å². The number of aromatic nitrogens is 1. The molecular weight excluding hydrogens is 284 g/mol. The number of nitro groups is 1. The van der Waals surface area contributed by atoms with Crippen LogP contribution in [0.1, 0.15) is 5.56 Å². The van der Waals surface area contributed by atoms with Crippen LogP contribution in [-0.4, -0.2) is 17.0 Å². The fourth-order valence-corrected chi connectivity index (χ4v) is 1.73. The van der Waals surface area contributed by atoms with Gasteiger partial charge in [-0.05, 0) is 30.7 Å². The molecule has 7 heteroatoms. The summed E-state index contributed by atoms with van der Waals surface area (Å²) in [5, 5.41) is 11.1. The summed E-state index contributed by atoms with van der Waals surface area (Å²) in [6.07, 6.45) is 0. The third-order valence-electron chi connectivity index (χ3n) is 2.53. The molecule has 0 saturated carbocycles. The molecule has 0 N–H and O–H groups in total. The molecule has 0 aliphatic heterocycles. The zero-order valence-electron chi connectivity index (χ0n) is 10.8. The molecule has 2 rings (SSSR count). The second-order valence-electron chi connectivity index (χ2n) is 3.97. The van der Waals surface area contributed by atoms with Crippen LogP contribution in [0, 0.1) is 17.0 Å². The lowest BCUT2D eigenvalue weighted by Crippen LogP contribution is -1.97. The van der Waals surface area contributed by atoms with Gasteiger partial charge in [0.1, 0.15) is 5.15 Å². The molecule has 2 aromatic rings. The normalized spacial score (nSPS) is 10.2. The van der Waals surface area contributed by atoms with Gasteiger partial charge >= 0.3 is 11.6 Å². The predicted molar refractivity (Wildman–Crippen MR) is 73.7 cm³/mol. The second-order valence-corrected chi connectivity index (χ2v) is 4.36. The van der Waals surface area contributed by atoms with E-state index in [1.807, 2.05) is 6.92 Å². The van der Waals surface area contributed by atoms with Crippen LogP contribution in [-0.2, 0) is 0 Å². The molecule has 0 spiro atoms. The Balaban J connectivity index is 2.44. The smallest absolute Gasteiger partial charge is 0.331 e. The maximum absolute atomic E-state index is 10.9. The predicted octanol–water partition coefficient (Wildman–Crippen LogP) is 3.75. The lowest BCUT2D eigenvalue weighted by Gasteiger charge is -2.10. The number of rotatable bonds is 4. The lowest BCUT2D eigenvalue weighted by atomic mass is 10.2. The minimum absolute atomic E-state index is 0.108. The van der Waals surface area contributed by atoms with Gasteiger partial charge in [0, 0.05) is 6.07 Å². The molecule has 0 amide bonds.